The van der Waals surface area contributed by atoms with E-state index in [4.69, 9.17) is 4.52 Å². The third-order valence-corrected chi connectivity index (χ3v) is 5.15. The quantitative estimate of drug-likeness (QED) is 0.876. The van der Waals surface area contributed by atoms with E-state index in [-0.39, 0.29) is 17.9 Å². The number of fused-ring (bicyclic) bond motifs is 1. The molecular formula is C18H26N6O2. The van der Waals surface area contributed by atoms with Gasteiger partial charge in [-0.1, -0.05) is 19.0 Å². The normalized spacial score (nSPS) is 20.0. The molecule has 1 atom stereocenters. The number of aromatic nitrogens is 4. The molecule has 8 nitrogen and oxygen atoms in total. The van der Waals surface area contributed by atoms with Crippen LogP contribution >= 0.6 is 0 Å². The molecule has 0 radical (unpaired) electrons. The number of aryl methyl sites for hydroxylation is 1. The van der Waals surface area contributed by atoms with Crippen LogP contribution in [0.15, 0.2) is 10.6 Å². The number of hydrogen-bond acceptors (Lipinski definition) is 6. The number of likely N-dealkylation sites (tertiary alicyclic amines) is 1. The molecular weight excluding hydrogens is 332 g/mol. The molecule has 0 unspecified atom stereocenters. The highest BCUT2D eigenvalue weighted by Crippen LogP contribution is 2.32. The molecule has 0 aliphatic carbocycles. The van der Waals surface area contributed by atoms with E-state index in [1.54, 1.807) is 0 Å². The van der Waals surface area contributed by atoms with Crippen molar-refractivity contribution in [3.05, 3.63) is 29.2 Å². The molecule has 140 valence electrons. The lowest BCUT2D eigenvalue weighted by Crippen LogP contribution is -2.31. The summed E-state index contributed by atoms with van der Waals surface area (Å²) in [6.45, 7) is 7.52. The molecule has 4 rings (SSSR count). The minimum absolute atomic E-state index is 0.0816. The van der Waals surface area contributed by atoms with Gasteiger partial charge in [-0.25, -0.2) is 0 Å². The van der Waals surface area contributed by atoms with Crippen LogP contribution in [0.2, 0.25) is 0 Å². The molecule has 0 spiro atoms. The van der Waals surface area contributed by atoms with Gasteiger partial charge in [-0.2, -0.15) is 10.1 Å². The summed E-state index contributed by atoms with van der Waals surface area (Å²) in [5, 5.41) is 12.0. The van der Waals surface area contributed by atoms with Crippen LogP contribution in [0.5, 0.6) is 0 Å². The number of nitrogens with zero attached hydrogens (tertiary/aromatic N) is 5. The minimum atomic E-state index is -0.0816. The van der Waals surface area contributed by atoms with Crippen molar-refractivity contribution in [1.29, 1.82) is 0 Å². The van der Waals surface area contributed by atoms with Gasteiger partial charge in [0.25, 0.3) is 0 Å². The van der Waals surface area contributed by atoms with E-state index in [1.165, 1.54) is 5.69 Å². The van der Waals surface area contributed by atoms with Gasteiger partial charge in [-0.05, 0) is 18.9 Å². The molecule has 0 bridgehead atoms. The van der Waals surface area contributed by atoms with Crippen molar-refractivity contribution < 1.29 is 9.32 Å². The SMILES string of the molecule is CC(C)c1noc([C@H]2CCCN2C(=O)CCc2cc3n(n2)CCNC3)n1. The first kappa shape index (κ1) is 17.2. The molecule has 4 heterocycles. The molecule has 8 heteroatoms. The summed E-state index contributed by atoms with van der Waals surface area (Å²) in [7, 11) is 0. The third-order valence-electron chi connectivity index (χ3n) is 5.15. The number of rotatable bonds is 5. The lowest BCUT2D eigenvalue weighted by molar-refractivity contribution is -0.132. The zero-order chi connectivity index (χ0) is 18.1. The van der Waals surface area contributed by atoms with Crippen molar-refractivity contribution in [3.63, 3.8) is 0 Å². The van der Waals surface area contributed by atoms with Gasteiger partial charge in [0.15, 0.2) is 5.82 Å². The molecule has 1 amide bonds. The fourth-order valence-electron chi connectivity index (χ4n) is 3.69. The average Bonchev–Trinajstić information content (AvgIpc) is 3.37. The maximum Gasteiger partial charge on any atom is 0.249 e. The first-order valence-electron chi connectivity index (χ1n) is 9.51. The summed E-state index contributed by atoms with van der Waals surface area (Å²) in [5.41, 5.74) is 2.19. The molecule has 0 saturated carbocycles. The molecule has 1 saturated heterocycles. The lowest BCUT2D eigenvalue weighted by atomic mass is 10.1. The Hall–Kier alpha value is -2.22. The van der Waals surface area contributed by atoms with Crippen LogP contribution in [0.1, 0.15) is 68.2 Å². The Kier molecular flexibility index (Phi) is 4.76. The van der Waals surface area contributed by atoms with Gasteiger partial charge in [0.1, 0.15) is 6.04 Å². The van der Waals surface area contributed by atoms with Gasteiger partial charge in [0.05, 0.1) is 17.9 Å². The highest BCUT2D eigenvalue weighted by molar-refractivity contribution is 5.77. The van der Waals surface area contributed by atoms with Crippen LogP contribution < -0.4 is 5.32 Å². The summed E-state index contributed by atoms with van der Waals surface area (Å²) >= 11 is 0. The average molecular weight is 358 g/mol. The smallest absolute Gasteiger partial charge is 0.249 e. The van der Waals surface area contributed by atoms with E-state index in [0.717, 1.165) is 44.7 Å². The van der Waals surface area contributed by atoms with Crippen LogP contribution in [0.3, 0.4) is 0 Å². The van der Waals surface area contributed by atoms with Crippen LogP contribution in [0, 0.1) is 0 Å². The van der Waals surface area contributed by atoms with Crippen LogP contribution in [0.4, 0.5) is 0 Å². The number of hydrogen-bond donors (Lipinski definition) is 1. The largest absolute Gasteiger partial charge is 0.337 e. The Labute approximate surface area is 152 Å². The van der Waals surface area contributed by atoms with E-state index in [9.17, 15) is 4.79 Å². The van der Waals surface area contributed by atoms with Gasteiger partial charge in [-0.3, -0.25) is 9.48 Å². The fraction of sp³-hybridized carbons (Fsp3) is 0.667. The Morgan fingerprint density at radius 1 is 1.42 bits per heavy atom. The molecule has 26 heavy (non-hydrogen) atoms. The van der Waals surface area contributed by atoms with Gasteiger partial charge < -0.3 is 14.7 Å². The number of carbonyl (C=O) groups is 1. The van der Waals surface area contributed by atoms with Gasteiger partial charge in [0.2, 0.25) is 11.8 Å². The molecule has 1 fully saturated rings. The Morgan fingerprint density at radius 2 is 2.31 bits per heavy atom. The molecule has 2 aliphatic heterocycles. The summed E-state index contributed by atoms with van der Waals surface area (Å²) in [5.74, 6) is 1.64. The van der Waals surface area contributed by atoms with Gasteiger partial charge >= 0.3 is 0 Å². The molecule has 2 aliphatic rings. The second-order valence-electron chi connectivity index (χ2n) is 7.42. The van der Waals surface area contributed by atoms with Gasteiger partial charge in [0, 0.05) is 38.4 Å². The lowest BCUT2D eigenvalue weighted by Gasteiger charge is -2.21. The van der Waals surface area contributed by atoms with E-state index in [0.29, 0.717) is 24.6 Å². The molecule has 2 aromatic heterocycles. The second kappa shape index (κ2) is 7.19. The Balaban J connectivity index is 1.39. The van der Waals surface area contributed by atoms with Crippen LogP contribution in [0.25, 0.3) is 0 Å². The van der Waals surface area contributed by atoms with Crippen molar-refractivity contribution in [2.24, 2.45) is 0 Å². The van der Waals surface area contributed by atoms with Crippen molar-refractivity contribution >= 4 is 5.91 Å². The van der Waals surface area contributed by atoms with Crippen LogP contribution in [-0.4, -0.2) is 43.8 Å². The second-order valence-corrected chi connectivity index (χ2v) is 7.42. The standard InChI is InChI=1S/C18H26N6O2/c1-12(2)17-20-18(26-22-17)15-4-3-8-23(15)16(25)6-5-13-10-14-11-19-7-9-24(14)21-13/h10,12,15,19H,3-9,11H2,1-2H3/t15-/m1/s1. The Bertz CT molecular complexity index is 757. The third kappa shape index (κ3) is 3.38. The van der Waals surface area contributed by atoms with Gasteiger partial charge in [-0.15, -0.1) is 0 Å². The molecule has 2 aromatic rings. The van der Waals surface area contributed by atoms with E-state index in [1.807, 2.05) is 23.4 Å². The van der Waals surface area contributed by atoms with E-state index in [2.05, 4.69) is 26.6 Å². The van der Waals surface area contributed by atoms with Crippen molar-refractivity contribution in [2.45, 2.75) is 64.6 Å². The highest BCUT2D eigenvalue weighted by atomic mass is 16.5. The monoisotopic (exact) mass is 358 g/mol. The van der Waals surface area contributed by atoms with Crippen molar-refractivity contribution in [1.82, 2.24) is 30.1 Å². The zero-order valence-electron chi connectivity index (χ0n) is 15.4. The predicted molar refractivity (Wildman–Crippen MR) is 94.3 cm³/mol. The number of nitrogens with one attached hydrogen (secondary N) is 1. The minimum Gasteiger partial charge on any atom is -0.337 e. The topological polar surface area (TPSA) is 89.1 Å². The fourth-order valence-corrected chi connectivity index (χ4v) is 3.69. The zero-order valence-corrected chi connectivity index (χ0v) is 15.4. The van der Waals surface area contributed by atoms with Crippen molar-refractivity contribution in [3.8, 4) is 0 Å². The summed E-state index contributed by atoms with van der Waals surface area (Å²) in [4.78, 5) is 19.2. The maximum atomic E-state index is 12.8. The number of amides is 1. The first-order chi connectivity index (χ1) is 12.6. The Morgan fingerprint density at radius 3 is 3.08 bits per heavy atom. The summed E-state index contributed by atoms with van der Waals surface area (Å²) in [6.07, 6.45) is 2.99. The number of carbonyl (C=O) groups excluding carboxylic acids is 1. The first-order valence-corrected chi connectivity index (χ1v) is 9.51. The maximum absolute atomic E-state index is 12.8. The molecule has 0 aromatic carbocycles. The van der Waals surface area contributed by atoms with E-state index >= 15 is 0 Å². The molecule has 1 N–H and O–H groups in total. The van der Waals surface area contributed by atoms with Crippen LogP contribution in [-0.2, 0) is 24.3 Å². The highest BCUT2D eigenvalue weighted by Gasteiger charge is 2.34. The summed E-state index contributed by atoms with van der Waals surface area (Å²) < 4.78 is 7.47. The van der Waals surface area contributed by atoms with Crippen molar-refractivity contribution in [2.75, 3.05) is 13.1 Å². The predicted octanol–water partition coefficient (Wildman–Crippen LogP) is 1.79. The van der Waals surface area contributed by atoms with E-state index < -0.39 is 0 Å². The summed E-state index contributed by atoms with van der Waals surface area (Å²) in [6, 6.07) is 2.02.